The number of rotatable bonds is 4. The molecule has 0 N–H and O–H groups in total. The van der Waals surface area contributed by atoms with E-state index in [1.165, 1.54) is 25.9 Å². The molecule has 0 atom stereocenters. The topological polar surface area (TPSA) is 20.3 Å². The van der Waals surface area contributed by atoms with Gasteiger partial charge in [-0.2, -0.15) is 0 Å². The fourth-order valence-electron chi connectivity index (χ4n) is 0.586. The maximum Gasteiger partial charge on any atom is 0.106 e. The van der Waals surface area contributed by atoms with Crippen molar-refractivity contribution in [2.45, 2.75) is 54.4 Å². The van der Waals surface area contributed by atoms with Crippen LogP contribution in [0.4, 0.5) is 0 Å². The Morgan fingerprint density at radius 1 is 1.00 bits per heavy atom. The molecular formula is C12H31NO. The Hall–Kier alpha value is -0.370. The summed E-state index contributed by atoms with van der Waals surface area (Å²) in [5.74, 6) is 0. The monoisotopic (exact) mass is 205 g/mol. The van der Waals surface area contributed by atoms with E-state index in [4.69, 9.17) is 4.79 Å². The van der Waals surface area contributed by atoms with Gasteiger partial charge in [0.25, 0.3) is 0 Å². The summed E-state index contributed by atoms with van der Waals surface area (Å²) < 4.78 is 0. The molecule has 0 saturated heterocycles. The first kappa shape index (κ1) is 23.4. The number of unbranched alkanes of at least 4 members (excludes halogenated alkanes) is 1. The first-order chi connectivity index (χ1) is 6.81. The molecule has 0 saturated carbocycles. The van der Waals surface area contributed by atoms with E-state index in [9.17, 15) is 0 Å². The molecule has 0 unspecified atom stereocenters. The third-order valence-electron chi connectivity index (χ3n) is 1.43. The summed E-state index contributed by atoms with van der Waals surface area (Å²) >= 11 is 0. The zero-order valence-corrected chi connectivity index (χ0v) is 11.4. The van der Waals surface area contributed by atoms with Crippen LogP contribution in [0.5, 0.6) is 0 Å². The van der Waals surface area contributed by atoms with Crippen LogP contribution in [0.1, 0.15) is 54.4 Å². The lowest BCUT2D eigenvalue weighted by Gasteiger charge is -2.11. The van der Waals surface area contributed by atoms with E-state index in [1.807, 2.05) is 34.5 Å². The lowest BCUT2D eigenvalue weighted by atomic mass is 10.3. The maximum atomic E-state index is 8.00. The quantitative estimate of drug-likeness (QED) is 0.699. The van der Waals surface area contributed by atoms with Gasteiger partial charge < -0.3 is 9.69 Å². The Bertz CT molecular complexity index is 58.3. The summed E-state index contributed by atoms with van der Waals surface area (Å²) in [5, 5.41) is 0. The van der Waals surface area contributed by atoms with E-state index in [-0.39, 0.29) is 0 Å². The van der Waals surface area contributed by atoms with E-state index in [2.05, 4.69) is 25.8 Å². The Balaban J connectivity index is -0.0000000708. The van der Waals surface area contributed by atoms with Crippen molar-refractivity contribution in [2.24, 2.45) is 0 Å². The summed E-state index contributed by atoms with van der Waals surface area (Å²) in [4.78, 5) is 10.3. The second kappa shape index (κ2) is 38.9. The smallest absolute Gasteiger partial charge is 0.106 e. The van der Waals surface area contributed by atoms with Gasteiger partial charge in [0.15, 0.2) is 0 Å². The number of hydrogen-bond acceptors (Lipinski definition) is 2. The van der Waals surface area contributed by atoms with Crippen LogP contribution in [-0.4, -0.2) is 31.8 Å². The molecule has 2 nitrogen and oxygen atoms in total. The SMILES string of the molecule is C=O.CC.CC.CCCCN(C)CC. The Kier molecular flexibility index (Phi) is 65.1. The van der Waals surface area contributed by atoms with Crippen LogP contribution in [0.3, 0.4) is 0 Å². The zero-order chi connectivity index (χ0) is 12.4. The zero-order valence-electron chi connectivity index (χ0n) is 11.4. The Labute approximate surface area is 91.7 Å². The van der Waals surface area contributed by atoms with Gasteiger partial charge in [-0.15, -0.1) is 0 Å². The van der Waals surface area contributed by atoms with Crippen molar-refractivity contribution in [3.63, 3.8) is 0 Å². The molecule has 0 bridgehead atoms. The van der Waals surface area contributed by atoms with Crippen LogP contribution in [0, 0.1) is 0 Å². The van der Waals surface area contributed by atoms with Crippen molar-refractivity contribution in [2.75, 3.05) is 20.1 Å². The van der Waals surface area contributed by atoms with Crippen molar-refractivity contribution in [1.82, 2.24) is 4.90 Å². The summed E-state index contributed by atoms with van der Waals surface area (Å²) in [6, 6.07) is 0. The highest BCUT2D eigenvalue weighted by molar-refractivity contribution is 5.10. The number of nitrogens with zero attached hydrogens (tertiary/aromatic N) is 1. The van der Waals surface area contributed by atoms with Crippen molar-refractivity contribution in [1.29, 1.82) is 0 Å². The van der Waals surface area contributed by atoms with E-state index in [0.29, 0.717) is 0 Å². The largest absolute Gasteiger partial charge is 0.307 e. The van der Waals surface area contributed by atoms with Crippen LogP contribution >= 0.6 is 0 Å². The molecule has 0 heterocycles. The molecule has 90 valence electrons. The molecule has 0 amide bonds. The molecular weight excluding hydrogens is 174 g/mol. The van der Waals surface area contributed by atoms with Crippen LogP contribution in [-0.2, 0) is 4.79 Å². The molecule has 0 aliphatic carbocycles. The van der Waals surface area contributed by atoms with Crippen molar-refractivity contribution in [3.8, 4) is 0 Å². The third kappa shape index (κ3) is 41.5. The fourth-order valence-corrected chi connectivity index (χ4v) is 0.586. The highest BCUT2D eigenvalue weighted by atomic mass is 16.1. The third-order valence-corrected chi connectivity index (χ3v) is 1.43. The summed E-state index contributed by atoms with van der Waals surface area (Å²) in [5.41, 5.74) is 0. The normalized spacial score (nSPS) is 7.14. The van der Waals surface area contributed by atoms with Gasteiger partial charge in [-0.25, -0.2) is 0 Å². The molecule has 0 aromatic heterocycles. The van der Waals surface area contributed by atoms with E-state index >= 15 is 0 Å². The van der Waals surface area contributed by atoms with E-state index in [1.54, 1.807) is 0 Å². The molecule has 0 radical (unpaired) electrons. The first-order valence-corrected chi connectivity index (χ1v) is 5.78. The highest BCUT2D eigenvalue weighted by Crippen LogP contribution is 1.89. The van der Waals surface area contributed by atoms with Gasteiger partial charge in [0, 0.05) is 0 Å². The number of carbonyl (C=O) groups excluding carboxylic acids is 1. The van der Waals surface area contributed by atoms with E-state index < -0.39 is 0 Å². The van der Waals surface area contributed by atoms with Crippen molar-refractivity contribution in [3.05, 3.63) is 0 Å². The Morgan fingerprint density at radius 3 is 1.57 bits per heavy atom. The van der Waals surface area contributed by atoms with Crippen LogP contribution in [0.25, 0.3) is 0 Å². The molecule has 0 aromatic carbocycles. The van der Waals surface area contributed by atoms with Gasteiger partial charge in [-0.1, -0.05) is 48.0 Å². The second-order valence-electron chi connectivity index (χ2n) is 2.25. The summed E-state index contributed by atoms with van der Waals surface area (Å²) in [6.07, 6.45) is 2.65. The Morgan fingerprint density at radius 2 is 1.36 bits per heavy atom. The van der Waals surface area contributed by atoms with Gasteiger partial charge in [0.2, 0.25) is 0 Å². The lowest BCUT2D eigenvalue weighted by molar-refractivity contribution is -0.0979. The molecule has 2 heteroatoms. The minimum Gasteiger partial charge on any atom is -0.307 e. The molecule has 0 aliphatic rings. The van der Waals surface area contributed by atoms with Gasteiger partial charge >= 0.3 is 0 Å². The van der Waals surface area contributed by atoms with Gasteiger partial charge in [-0.05, 0) is 26.6 Å². The number of carbonyl (C=O) groups is 1. The maximum absolute atomic E-state index is 8.00. The average molecular weight is 205 g/mol. The number of hydrogen-bond donors (Lipinski definition) is 0. The van der Waals surface area contributed by atoms with Gasteiger partial charge in [0.05, 0.1) is 0 Å². The summed E-state index contributed by atoms with van der Waals surface area (Å²) in [6.45, 7) is 16.9. The van der Waals surface area contributed by atoms with Crippen molar-refractivity contribution < 1.29 is 4.79 Å². The average Bonchev–Trinajstić information content (AvgIpc) is 2.33. The predicted molar refractivity (Wildman–Crippen MR) is 67.9 cm³/mol. The minimum atomic E-state index is 1.18. The minimum absolute atomic E-state index is 1.18. The van der Waals surface area contributed by atoms with E-state index in [0.717, 1.165) is 0 Å². The van der Waals surface area contributed by atoms with Crippen LogP contribution in [0.15, 0.2) is 0 Å². The fraction of sp³-hybridized carbons (Fsp3) is 0.917. The molecule has 0 spiro atoms. The predicted octanol–water partition coefficient (Wildman–Crippen LogP) is 3.61. The highest BCUT2D eigenvalue weighted by Gasteiger charge is 1.89. The standard InChI is InChI=1S/C7H17N.2C2H6.CH2O/c1-4-6-7-8(3)5-2;3*1-2/h4-7H2,1-3H3;2*1-2H3;1H2. The van der Waals surface area contributed by atoms with Crippen LogP contribution < -0.4 is 0 Å². The van der Waals surface area contributed by atoms with Crippen molar-refractivity contribution >= 4 is 6.79 Å². The van der Waals surface area contributed by atoms with Crippen LogP contribution in [0.2, 0.25) is 0 Å². The lowest BCUT2D eigenvalue weighted by Crippen LogP contribution is -2.18. The molecule has 0 aromatic rings. The molecule has 0 fully saturated rings. The van der Waals surface area contributed by atoms with Gasteiger partial charge in [-0.3, -0.25) is 0 Å². The molecule has 0 aliphatic heterocycles. The second-order valence-corrected chi connectivity index (χ2v) is 2.25. The van der Waals surface area contributed by atoms with Gasteiger partial charge in [0.1, 0.15) is 6.79 Å². The molecule has 14 heavy (non-hydrogen) atoms. The summed E-state index contributed by atoms with van der Waals surface area (Å²) in [7, 11) is 2.16. The molecule has 0 rings (SSSR count). The first-order valence-electron chi connectivity index (χ1n) is 5.78.